The summed E-state index contributed by atoms with van der Waals surface area (Å²) in [5.74, 6) is 1.22. The zero-order valence-corrected chi connectivity index (χ0v) is 12.7. The Balaban J connectivity index is 1.99. The highest BCUT2D eigenvalue weighted by atomic mass is 16.5. The van der Waals surface area contributed by atoms with E-state index in [1.54, 1.807) is 12.4 Å². The number of hydrogen-bond donors (Lipinski definition) is 1. The summed E-state index contributed by atoms with van der Waals surface area (Å²) in [6.45, 7) is 7.28. The standard InChI is InChI=1S/C16H21N3O2/c1-4-20-12(3)13-6-8-14(9-7-13)19-16-17-10-15(11-18-16)21-5-2/h6-12H,4-5H2,1-3H3,(H,17,18,19). The monoisotopic (exact) mass is 287 g/mol. The molecule has 21 heavy (non-hydrogen) atoms. The van der Waals surface area contributed by atoms with Gasteiger partial charge in [-0.1, -0.05) is 12.1 Å². The molecule has 0 spiro atoms. The van der Waals surface area contributed by atoms with Crippen LogP contribution in [0.1, 0.15) is 32.4 Å². The van der Waals surface area contributed by atoms with Gasteiger partial charge in [-0.05, 0) is 38.5 Å². The number of hydrogen-bond acceptors (Lipinski definition) is 5. The quantitative estimate of drug-likeness (QED) is 0.841. The van der Waals surface area contributed by atoms with Crippen molar-refractivity contribution in [1.29, 1.82) is 0 Å². The van der Waals surface area contributed by atoms with Gasteiger partial charge in [0.15, 0.2) is 5.75 Å². The molecule has 0 aliphatic heterocycles. The second kappa shape index (κ2) is 7.59. The lowest BCUT2D eigenvalue weighted by Crippen LogP contribution is -2.01. The molecule has 2 aromatic rings. The van der Waals surface area contributed by atoms with Crippen molar-refractivity contribution in [2.24, 2.45) is 0 Å². The molecule has 1 aromatic carbocycles. The van der Waals surface area contributed by atoms with Gasteiger partial charge in [-0.15, -0.1) is 0 Å². The molecule has 5 heteroatoms. The minimum atomic E-state index is 0.103. The number of aromatic nitrogens is 2. The number of nitrogens with one attached hydrogen (secondary N) is 1. The highest BCUT2D eigenvalue weighted by molar-refractivity contribution is 5.53. The first-order chi connectivity index (χ1) is 10.2. The van der Waals surface area contributed by atoms with Crippen molar-refractivity contribution in [2.45, 2.75) is 26.9 Å². The maximum Gasteiger partial charge on any atom is 0.227 e. The fraction of sp³-hybridized carbons (Fsp3) is 0.375. The van der Waals surface area contributed by atoms with Crippen LogP contribution in [0, 0.1) is 0 Å². The molecule has 112 valence electrons. The van der Waals surface area contributed by atoms with Gasteiger partial charge in [0, 0.05) is 12.3 Å². The third kappa shape index (κ3) is 4.43. The first kappa shape index (κ1) is 15.3. The third-order valence-electron chi connectivity index (χ3n) is 2.99. The minimum absolute atomic E-state index is 0.103. The van der Waals surface area contributed by atoms with Crippen LogP contribution in [0.3, 0.4) is 0 Å². The van der Waals surface area contributed by atoms with Crippen LogP contribution < -0.4 is 10.1 Å². The summed E-state index contributed by atoms with van der Waals surface area (Å²) in [6.07, 6.45) is 3.42. The maximum atomic E-state index is 5.56. The molecular weight excluding hydrogens is 266 g/mol. The number of nitrogens with zero attached hydrogens (tertiary/aromatic N) is 2. The van der Waals surface area contributed by atoms with Gasteiger partial charge in [0.25, 0.3) is 0 Å². The molecule has 1 aromatic heterocycles. The van der Waals surface area contributed by atoms with Crippen LogP contribution in [0.2, 0.25) is 0 Å². The first-order valence-electron chi connectivity index (χ1n) is 7.16. The van der Waals surface area contributed by atoms with Crippen LogP contribution in [-0.4, -0.2) is 23.2 Å². The van der Waals surface area contributed by atoms with Crippen molar-refractivity contribution in [3.63, 3.8) is 0 Å². The van der Waals surface area contributed by atoms with Crippen molar-refractivity contribution in [3.05, 3.63) is 42.2 Å². The van der Waals surface area contributed by atoms with Crippen LogP contribution in [0.5, 0.6) is 5.75 Å². The van der Waals surface area contributed by atoms with Crippen LogP contribution in [0.15, 0.2) is 36.7 Å². The summed E-state index contributed by atoms with van der Waals surface area (Å²) in [6, 6.07) is 8.06. The fourth-order valence-corrected chi connectivity index (χ4v) is 1.93. The molecule has 0 fully saturated rings. The van der Waals surface area contributed by atoms with E-state index in [1.807, 2.05) is 45.0 Å². The number of rotatable bonds is 7. The summed E-state index contributed by atoms with van der Waals surface area (Å²) in [4.78, 5) is 8.42. The Morgan fingerprint density at radius 1 is 1.05 bits per heavy atom. The van der Waals surface area contributed by atoms with Crippen molar-refractivity contribution in [2.75, 3.05) is 18.5 Å². The molecule has 0 aliphatic rings. The number of ether oxygens (including phenoxy) is 2. The van der Waals surface area contributed by atoms with E-state index in [-0.39, 0.29) is 6.10 Å². The Hall–Kier alpha value is -2.14. The van der Waals surface area contributed by atoms with Gasteiger partial charge in [-0.2, -0.15) is 0 Å². The van der Waals surface area contributed by atoms with E-state index in [4.69, 9.17) is 9.47 Å². The van der Waals surface area contributed by atoms with Gasteiger partial charge in [0.1, 0.15) is 0 Å². The molecule has 1 unspecified atom stereocenters. The molecule has 0 amide bonds. The Labute approximate surface area is 125 Å². The van der Waals surface area contributed by atoms with Gasteiger partial charge < -0.3 is 14.8 Å². The van der Waals surface area contributed by atoms with Crippen molar-refractivity contribution < 1.29 is 9.47 Å². The molecule has 1 atom stereocenters. The molecule has 1 N–H and O–H groups in total. The number of anilines is 2. The Morgan fingerprint density at radius 2 is 1.71 bits per heavy atom. The van der Waals surface area contributed by atoms with E-state index < -0.39 is 0 Å². The Kier molecular flexibility index (Phi) is 5.51. The summed E-state index contributed by atoms with van der Waals surface area (Å²) < 4.78 is 10.9. The molecule has 2 rings (SSSR count). The normalized spacial score (nSPS) is 12.0. The predicted octanol–water partition coefficient (Wildman–Crippen LogP) is 3.72. The highest BCUT2D eigenvalue weighted by Crippen LogP contribution is 2.20. The van der Waals surface area contributed by atoms with Gasteiger partial charge in [0.05, 0.1) is 25.1 Å². The first-order valence-corrected chi connectivity index (χ1v) is 7.16. The third-order valence-corrected chi connectivity index (χ3v) is 2.99. The lowest BCUT2D eigenvalue weighted by Gasteiger charge is -2.12. The van der Waals surface area contributed by atoms with E-state index in [0.717, 1.165) is 11.3 Å². The van der Waals surface area contributed by atoms with Crippen molar-refractivity contribution in [3.8, 4) is 5.75 Å². The second-order valence-corrected chi connectivity index (χ2v) is 4.52. The number of benzene rings is 1. The van der Waals surface area contributed by atoms with Crippen LogP contribution in [0.25, 0.3) is 0 Å². The van der Waals surface area contributed by atoms with Crippen LogP contribution in [-0.2, 0) is 4.74 Å². The van der Waals surface area contributed by atoms with E-state index >= 15 is 0 Å². The zero-order chi connectivity index (χ0) is 15.1. The smallest absolute Gasteiger partial charge is 0.227 e. The second-order valence-electron chi connectivity index (χ2n) is 4.52. The SMILES string of the molecule is CCOc1cnc(Nc2ccc(C(C)OCC)cc2)nc1. The zero-order valence-electron chi connectivity index (χ0n) is 12.7. The topological polar surface area (TPSA) is 56.3 Å². The van der Waals surface area contributed by atoms with E-state index in [1.165, 1.54) is 0 Å². The predicted molar refractivity (Wildman–Crippen MR) is 83.0 cm³/mol. The van der Waals surface area contributed by atoms with Crippen LogP contribution >= 0.6 is 0 Å². The maximum absolute atomic E-state index is 5.56. The largest absolute Gasteiger partial charge is 0.491 e. The molecule has 0 saturated carbocycles. The molecular formula is C16H21N3O2. The summed E-state index contributed by atoms with van der Waals surface area (Å²) in [5.41, 5.74) is 2.08. The van der Waals surface area contributed by atoms with Crippen LogP contribution in [0.4, 0.5) is 11.6 Å². The average molecular weight is 287 g/mol. The Bertz CT molecular complexity index is 540. The lowest BCUT2D eigenvalue weighted by atomic mass is 10.1. The molecule has 0 radical (unpaired) electrons. The average Bonchev–Trinajstić information content (AvgIpc) is 2.50. The molecule has 0 saturated heterocycles. The minimum Gasteiger partial charge on any atom is -0.491 e. The molecule has 0 bridgehead atoms. The lowest BCUT2D eigenvalue weighted by molar-refractivity contribution is 0.0764. The van der Waals surface area contributed by atoms with Gasteiger partial charge in [0.2, 0.25) is 5.95 Å². The summed E-state index contributed by atoms with van der Waals surface area (Å²) in [7, 11) is 0. The highest BCUT2D eigenvalue weighted by Gasteiger charge is 2.05. The van der Waals surface area contributed by atoms with E-state index in [0.29, 0.717) is 24.9 Å². The molecule has 0 aliphatic carbocycles. The Morgan fingerprint density at radius 3 is 2.29 bits per heavy atom. The molecule has 1 heterocycles. The van der Waals surface area contributed by atoms with Gasteiger partial charge in [-0.25, -0.2) is 9.97 Å². The molecule has 5 nitrogen and oxygen atoms in total. The fourth-order valence-electron chi connectivity index (χ4n) is 1.93. The van der Waals surface area contributed by atoms with Gasteiger partial charge >= 0.3 is 0 Å². The van der Waals surface area contributed by atoms with Crippen molar-refractivity contribution >= 4 is 11.6 Å². The van der Waals surface area contributed by atoms with Gasteiger partial charge in [-0.3, -0.25) is 0 Å². The van der Waals surface area contributed by atoms with E-state index in [2.05, 4.69) is 15.3 Å². The summed E-state index contributed by atoms with van der Waals surface area (Å²) in [5, 5.41) is 3.15. The summed E-state index contributed by atoms with van der Waals surface area (Å²) >= 11 is 0. The van der Waals surface area contributed by atoms with E-state index in [9.17, 15) is 0 Å². The van der Waals surface area contributed by atoms with Crippen molar-refractivity contribution in [1.82, 2.24) is 9.97 Å².